The lowest BCUT2D eigenvalue weighted by Gasteiger charge is -2.29. The smallest absolute Gasteiger partial charge is 0.146 e. The molecule has 0 radical (unpaired) electrons. The number of nitrogens with one attached hydrogen (secondary N) is 1. The second-order valence-electron chi connectivity index (χ2n) is 6.23. The molecule has 0 amide bonds. The van der Waals surface area contributed by atoms with Crippen LogP contribution in [0.4, 0.5) is 5.69 Å². The Morgan fingerprint density at radius 2 is 1.95 bits per heavy atom. The molecular formula is C17H23N3OS. The standard InChI is InChI=1S/C17H23N3OS/c1-2-10-20(11-3-1)14-4-5-15(16-17(14)22-12-19-16)21-13-6-8-18-9-7-13/h4-5,12-13,18H,1-3,6-11H2. The Balaban J connectivity index is 1.62. The number of thiazole rings is 1. The van der Waals surface area contributed by atoms with Gasteiger partial charge in [-0.15, -0.1) is 11.3 Å². The summed E-state index contributed by atoms with van der Waals surface area (Å²) in [6.07, 6.45) is 6.45. The zero-order valence-electron chi connectivity index (χ0n) is 12.9. The minimum Gasteiger partial charge on any atom is -0.488 e. The summed E-state index contributed by atoms with van der Waals surface area (Å²) in [5, 5.41) is 3.38. The minimum absolute atomic E-state index is 0.326. The zero-order valence-corrected chi connectivity index (χ0v) is 13.7. The first-order valence-electron chi connectivity index (χ1n) is 8.40. The fourth-order valence-corrected chi connectivity index (χ4v) is 4.33. The molecule has 1 aromatic heterocycles. The monoisotopic (exact) mass is 317 g/mol. The van der Waals surface area contributed by atoms with Crippen LogP contribution in [-0.4, -0.2) is 37.3 Å². The van der Waals surface area contributed by atoms with Gasteiger partial charge < -0.3 is 15.0 Å². The number of rotatable bonds is 3. The van der Waals surface area contributed by atoms with Gasteiger partial charge in [-0.2, -0.15) is 0 Å². The van der Waals surface area contributed by atoms with Crippen LogP contribution < -0.4 is 15.0 Å². The van der Waals surface area contributed by atoms with Crippen molar-refractivity contribution < 1.29 is 4.74 Å². The molecule has 4 nitrogen and oxygen atoms in total. The lowest BCUT2D eigenvalue weighted by molar-refractivity contribution is 0.164. The summed E-state index contributed by atoms with van der Waals surface area (Å²) in [6.45, 7) is 4.44. The zero-order chi connectivity index (χ0) is 14.8. The van der Waals surface area contributed by atoms with E-state index in [0.717, 1.165) is 37.2 Å². The molecule has 1 aromatic carbocycles. The predicted octanol–water partition coefficient (Wildman–Crippen LogP) is 3.42. The van der Waals surface area contributed by atoms with Crippen LogP contribution in [0, 0.1) is 0 Å². The van der Waals surface area contributed by atoms with Gasteiger partial charge in [-0.05, 0) is 57.3 Å². The number of nitrogens with zero attached hydrogens (tertiary/aromatic N) is 2. The summed E-state index contributed by atoms with van der Waals surface area (Å²) in [5.41, 5.74) is 4.34. The topological polar surface area (TPSA) is 37.4 Å². The van der Waals surface area contributed by atoms with E-state index >= 15 is 0 Å². The quantitative estimate of drug-likeness (QED) is 0.941. The number of benzene rings is 1. The third-order valence-corrected chi connectivity index (χ3v) is 5.55. The van der Waals surface area contributed by atoms with E-state index in [9.17, 15) is 0 Å². The van der Waals surface area contributed by atoms with E-state index in [0.29, 0.717) is 6.10 Å². The summed E-state index contributed by atoms with van der Waals surface area (Å²) >= 11 is 1.74. The van der Waals surface area contributed by atoms with Crippen molar-refractivity contribution in [2.24, 2.45) is 0 Å². The van der Waals surface area contributed by atoms with Gasteiger partial charge in [0.05, 0.1) is 15.9 Å². The number of fused-ring (bicyclic) bond motifs is 1. The van der Waals surface area contributed by atoms with E-state index in [4.69, 9.17) is 4.74 Å². The summed E-state index contributed by atoms with van der Waals surface area (Å²) in [5.74, 6) is 0.962. The van der Waals surface area contributed by atoms with Crippen LogP contribution in [-0.2, 0) is 0 Å². The molecule has 0 atom stereocenters. The highest BCUT2D eigenvalue weighted by Crippen LogP contribution is 2.37. The van der Waals surface area contributed by atoms with Gasteiger partial charge in [0.2, 0.25) is 0 Å². The molecule has 0 saturated carbocycles. The first-order chi connectivity index (χ1) is 10.9. The summed E-state index contributed by atoms with van der Waals surface area (Å²) < 4.78 is 7.54. The van der Waals surface area contributed by atoms with E-state index in [1.54, 1.807) is 11.3 Å². The molecule has 2 fully saturated rings. The van der Waals surface area contributed by atoms with Gasteiger partial charge in [-0.25, -0.2) is 4.98 Å². The average molecular weight is 317 g/mol. The van der Waals surface area contributed by atoms with Crippen molar-refractivity contribution in [3.8, 4) is 5.75 Å². The van der Waals surface area contributed by atoms with Crippen LogP contribution in [0.5, 0.6) is 5.75 Å². The fraction of sp³-hybridized carbons (Fsp3) is 0.588. The summed E-state index contributed by atoms with van der Waals surface area (Å²) in [4.78, 5) is 7.10. The first kappa shape index (κ1) is 14.3. The number of hydrogen-bond donors (Lipinski definition) is 1. The number of piperidine rings is 2. The second kappa shape index (κ2) is 6.42. The average Bonchev–Trinajstić information content (AvgIpc) is 3.07. The Kier molecular flexibility index (Phi) is 4.17. The normalized spacial score (nSPS) is 20.5. The Hall–Kier alpha value is -1.33. The van der Waals surface area contributed by atoms with Crippen LogP contribution in [0.1, 0.15) is 32.1 Å². The maximum absolute atomic E-state index is 6.25. The van der Waals surface area contributed by atoms with E-state index in [1.165, 1.54) is 42.7 Å². The number of hydrogen-bond acceptors (Lipinski definition) is 5. The molecule has 3 heterocycles. The van der Waals surface area contributed by atoms with Crippen molar-refractivity contribution in [1.82, 2.24) is 10.3 Å². The highest BCUT2D eigenvalue weighted by atomic mass is 32.1. The van der Waals surface area contributed by atoms with Crippen LogP contribution in [0.3, 0.4) is 0 Å². The minimum atomic E-state index is 0.326. The number of aromatic nitrogens is 1. The number of anilines is 1. The largest absolute Gasteiger partial charge is 0.488 e. The molecule has 1 N–H and O–H groups in total. The Bertz CT molecular complexity index is 630. The molecule has 5 heteroatoms. The maximum Gasteiger partial charge on any atom is 0.146 e. The molecule has 4 rings (SSSR count). The van der Waals surface area contributed by atoms with Crippen molar-refractivity contribution >= 4 is 27.2 Å². The van der Waals surface area contributed by atoms with Crippen LogP contribution in [0.25, 0.3) is 10.2 Å². The highest BCUT2D eigenvalue weighted by Gasteiger charge is 2.20. The molecular weight excluding hydrogens is 294 g/mol. The van der Waals surface area contributed by atoms with Gasteiger partial charge in [-0.1, -0.05) is 0 Å². The van der Waals surface area contributed by atoms with Gasteiger partial charge in [-0.3, -0.25) is 0 Å². The lowest BCUT2D eigenvalue weighted by atomic mass is 10.1. The first-order valence-corrected chi connectivity index (χ1v) is 9.28. The molecule has 0 aliphatic carbocycles. The predicted molar refractivity (Wildman–Crippen MR) is 92.2 cm³/mol. The van der Waals surface area contributed by atoms with Crippen molar-refractivity contribution in [2.75, 3.05) is 31.1 Å². The van der Waals surface area contributed by atoms with E-state index in [2.05, 4.69) is 27.3 Å². The lowest BCUT2D eigenvalue weighted by Crippen LogP contribution is -2.34. The Morgan fingerprint density at radius 1 is 1.14 bits per heavy atom. The molecule has 0 spiro atoms. The Morgan fingerprint density at radius 3 is 2.77 bits per heavy atom. The Labute approximate surface area is 135 Å². The van der Waals surface area contributed by atoms with E-state index < -0.39 is 0 Å². The molecule has 0 bridgehead atoms. The molecule has 22 heavy (non-hydrogen) atoms. The van der Waals surface area contributed by atoms with Gasteiger partial charge in [0.15, 0.2) is 0 Å². The SMILES string of the molecule is c1nc2c(OC3CCNCC3)ccc(N3CCCCC3)c2s1. The molecule has 2 aliphatic rings. The van der Waals surface area contributed by atoms with Crippen LogP contribution in [0.2, 0.25) is 0 Å². The van der Waals surface area contributed by atoms with Gasteiger partial charge in [0.1, 0.15) is 17.4 Å². The van der Waals surface area contributed by atoms with E-state index in [1.807, 2.05) is 5.51 Å². The van der Waals surface area contributed by atoms with Crippen LogP contribution >= 0.6 is 11.3 Å². The van der Waals surface area contributed by atoms with Gasteiger partial charge in [0.25, 0.3) is 0 Å². The molecule has 2 saturated heterocycles. The molecule has 118 valence electrons. The van der Waals surface area contributed by atoms with Crippen molar-refractivity contribution in [3.05, 3.63) is 17.6 Å². The molecule has 2 aliphatic heterocycles. The fourth-order valence-electron chi connectivity index (χ4n) is 3.48. The summed E-state index contributed by atoms with van der Waals surface area (Å²) in [6, 6.07) is 4.37. The van der Waals surface area contributed by atoms with Crippen LogP contribution in [0.15, 0.2) is 17.6 Å². The highest BCUT2D eigenvalue weighted by molar-refractivity contribution is 7.17. The summed E-state index contributed by atoms with van der Waals surface area (Å²) in [7, 11) is 0. The number of ether oxygens (including phenoxy) is 1. The van der Waals surface area contributed by atoms with Crippen molar-refractivity contribution in [2.45, 2.75) is 38.2 Å². The molecule has 0 unspecified atom stereocenters. The van der Waals surface area contributed by atoms with E-state index in [-0.39, 0.29) is 0 Å². The second-order valence-corrected chi connectivity index (χ2v) is 7.08. The van der Waals surface area contributed by atoms with Gasteiger partial charge >= 0.3 is 0 Å². The van der Waals surface area contributed by atoms with Crippen molar-refractivity contribution in [3.63, 3.8) is 0 Å². The third kappa shape index (κ3) is 2.79. The third-order valence-electron chi connectivity index (χ3n) is 4.70. The molecule has 2 aromatic rings. The van der Waals surface area contributed by atoms with Crippen molar-refractivity contribution in [1.29, 1.82) is 0 Å². The maximum atomic E-state index is 6.25. The van der Waals surface area contributed by atoms with Gasteiger partial charge in [0, 0.05) is 13.1 Å².